The Labute approximate surface area is 441 Å². The highest BCUT2D eigenvalue weighted by Gasteiger charge is 2.67. The Bertz CT molecular complexity index is 2190. The molecular weight excluding hydrogens is 1010 g/mol. The summed E-state index contributed by atoms with van der Waals surface area (Å²) in [7, 11) is 0. The molecule has 12 aliphatic rings. The first kappa shape index (κ1) is 52.7. The molecule has 12 rings (SSSR count). The molecule has 12 aliphatic carbocycles. The molecule has 3 nitrogen and oxygen atoms in total. The van der Waals surface area contributed by atoms with Gasteiger partial charge in [0.15, 0.2) is 0 Å². The number of aliphatic hydroxyl groups is 3. The van der Waals surface area contributed by atoms with Gasteiger partial charge in [0.25, 0.3) is 5.92 Å². The van der Waals surface area contributed by atoms with Crippen LogP contribution >= 0.6 is 34.2 Å². The van der Waals surface area contributed by atoms with Crippen molar-refractivity contribution in [3.05, 3.63) is 57.6 Å². The molecule has 0 spiro atoms. The molecule has 3 N–H and O–H groups in total. The Morgan fingerprint density at radius 3 is 1.97 bits per heavy atom. The van der Waals surface area contributed by atoms with E-state index in [-0.39, 0.29) is 51.9 Å². The topological polar surface area (TPSA) is 60.7 Å². The van der Waals surface area contributed by atoms with Crippen LogP contribution in [0.1, 0.15) is 202 Å². The van der Waals surface area contributed by atoms with Gasteiger partial charge in [-0.25, -0.2) is 8.78 Å². The molecule has 0 amide bonds. The van der Waals surface area contributed by atoms with E-state index in [2.05, 4.69) is 94.5 Å². The van der Waals surface area contributed by atoms with Crippen molar-refractivity contribution in [1.29, 1.82) is 0 Å². The lowest BCUT2D eigenvalue weighted by Gasteiger charge is -2.63. The molecule has 0 radical (unpaired) electrons. The fourth-order valence-corrected chi connectivity index (χ4v) is 23.4. The van der Waals surface area contributed by atoms with E-state index in [1.54, 1.807) is 5.57 Å². The van der Waals surface area contributed by atoms with Gasteiger partial charge in [0.05, 0.1) is 23.2 Å². The SMILES string of the molecule is C=C(I)[C@H]1CCC2C3CC=C4C[C@@H](O)CC[C@]4(C)C3CC[C@@]21C.C=C=C1C(F)(F)CC2C3CC[C@H]4C[C@@H](O)CC[C@]4(C)C3CC[C@]12C.C=C=C1CCC2C3CC[C@]4(Cl)C[C@@H](O)CC[C@]4(C)C3CC[C@]12C. The summed E-state index contributed by atoms with van der Waals surface area (Å²) in [5.74, 6) is 4.57. The van der Waals surface area contributed by atoms with Gasteiger partial charge in [-0.15, -0.1) is 23.1 Å². The van der Waals surface area contributed by atoms with Gasteiger partial charge in [-0.3, -0.25) is 0 Å². The maximum atomic E-state index is 14.6. The predicted octanol–water partition coefficient (Wildman–Crippen LogP) is 16.7. The zero-order chi connectivity index (χ0) is 50.2. The van der Waals surface area contributed by atoms with Gasteiger partial charge in [-0.2, -0.15) is 0 Å². The van der Waals surface area contributed by atoms with Crippen molar-refractivity contribution in [2.24, 2.45) is 97.6 Å². The van der Waals surface area contributed by atoms with Crippen molar-refractivity contribution in [2.75, 3.05) is 0 Å². The first-order valence-corrected chi connectivity index (χ1v) is 30.3. The Balaban J connectivity index is 0.000000122. The number of rotatable bonds is 1. The Morgan fingerprint density at radius 1 is 0.614 bits per heavy atom. The summed E-state index contributed by atoms with van der Waals surface area (Å²) in [5, 5.41) is 30.3. The summed E-state index contributed by atoms with van der Waals surface area (Å²) in [6.07, 6.45) is 29.2. The summed E-state index contributed by atoms with van der Waals surface area (Å²) < 4.78 is 30.6. The van der Waals surface area contributed by atoms with Crippen molar-refractivity contribution in [2.45, 2.75) is 231 Å². The first-order chi connectivity index (χ1) is 32.9. The molecular formula is C63H92ClF2IO3. The van der Waals surface area contributed by atoms with Crippen LogP contribution in [0.3, 0.4) is 0 Å². The summed E-state index contributed by atoms with van der Waals surface area (Å²) in [6, 6.07) is 0. The number of fused-ring (bicyclic) bond motifs is 15. The molecule has 11 fully saturated rings. The molecule has 70 heavy (non-hydrogen) atoms. The second-order valence-electron chi connectivity index (χ2n) is 28.1. The van der Waals surface area contributed by atoms with Gasteiger partial charge < -0.3 is 15.3 Å². The van der Waals surface area contributed by atoms with Gasteiger partial charge in [0.2, 0.25) is 0 Å². The van der Waals surface area contributed by atoms with Crippen molar-refractivity contribution in [3.63, 3.8) is 0 Å². The number of halogens is 4. The molecule has 0 saturated heterocycles. The van der Waals surface area contributed by atoms with E-state index in [4.69, 9.17) is 11.6 Å². The van der Waals surface area contributed by atoms with Crippen LogP contribution in [0.2, 0.25) is 0 Å². The van der Waals surface area contributed by atoms with Crippen LogP contribution in [0.5, 0.6) is 0 Å². The van der Waals surface area contributed by atoms with Gasteiger partial charge in [-0.1, -0.05) is 72.9 Å². The van der Waals surface area contributed by atoms with Crippen molar-refractivity contribution >= 4 is 34.2 Å². The highest BCUT2D eigenvalue weighted by Crippen LogP contribution is 2.72. The predicted molar refractivity (Wildman–Crippen MR) is 291 cm³/mol. The van der Waals surface area contributed by atoms with Crippen LogP contribution in [0, 0.1) is 97.6 Å². The molecule has 9 unspecified atom stereocenters. The van der Waals surface area contributed by atoms with Crippen LogP contribution in [0.4, 0.5) is 8.78 Å². The molecule has 390 valence electrons. The van der Waals surface area contributed by atoms with E-state index in [9.17, 15) is 24.1 Å². The van der Waals surface area contributed by atoms with Crippen LogP contribution in [0.15, 0.2) is 57.6 Å². The normalized spacial score (nSPS) is 53.5. The maximum absolute atomic E-state index is 14.6. The van der Waals surface area contributed by atoms with E-state index >= 15 is 0 Å². The van der Waals surface area contributed by atoms with Crippen LogP contribution in [-0.2, 0) is 0 Å². The lowest BCUT2D eigenvalue weighted by Crippen LogP contribution is -2.60. The summed E-state index contributed by atoms with van der Waals surface area (Å²) >= 11 is 9.67. The Kier molecular flexibility index (Phi) is 13.9. The standard InChI is InChI=1S/C21H31ClO.C21H30F2O.C21H31IO/c1-4-14-5-6-17-16-8-12-21(22)13-15(23)7-11-20(21,3)18(16)9-10-19(14,17)2;1-4-18-20(3)10-8-16-15(17(20)12-21(18,22)23)6-5-13-11-14(24)7-9-19(13,16)2;1-13(22)17-6-7-18-16-5-4-14-12-15(23)8-10-20(14,2)19(16)9-11-21(17,18)3/h15-18,23H,1,5-13H2,2-3H3;13-17,24H,1,5-12H2,2-3H3;4,15-19,23H,1,5-12H2,2-3H3/t15-,16?,17?,18?,19+,20+,21-;13-,14-,15?,16?,17?,19-,20-;15-,16?,17+,18?,19?,20-,21+/m000/s1. The Hall–Kier alpha value is -0.720. The highest BCUT2D eigenvalue weighted by atomic mass is 127. The lowest BCUT2D eigenvalue weighted by molar-refractivity contribution is -0.118. The molecule has 0 aromatic carbocycles. The molecule has 0 aromatic heterocycles. The smallest absolute Gasteiger partial charge is 0.277 e. The number of aliphatic hydroxyl groups excluding tert-OH is 3. The maximum Gasteiger partial charge on any atom is 0.277 e. The number of hydrogen-bond donors (Lipinski definition) is 3. The minimum absolute atomic E-state index is 0.00804. The second-order valence-corrected chi connectivity index (χ2v) is 30.2. The third-order valence-electron chi connectivity index (χ3n) is 25.8. The fraction of sp³-hybridized carbons (Fsp3) is 0.841. The molecule has 21 atom stereocenters. The van der Waals surface area contributed by atoms with Gasteiger partial charge >= 0.3 is 0 Å². The van der Waals surface area contributed by atoms with Crippen LogP contribution < -0.4 is 0 Å². The Morgan fingerprint density at radius 2 is 1.24 bits per heavy atom. The average Bonchev–Trinajstić information content (AvgIpc) is 3.92. The van der Waals surface area contributed by atoms with Crippen molar-refractivity contribution < 1.29 is 24.1 Å². The van der Waals surface area contributed by atoms with Crippen molar-refractivity contribution in [1.82, 2.24) is 0 Å². The van der Waals surface area contributed by atoms with Gasteiger partial charge in [0.1, 0.15) is 0 Å². The first-order valence-electron chi connectivity index (χ1n) is 28.9. The monoisotopic (exact) mass is 1100 g/mol. The molecule has 0 aromatic rings. The van der Waals surface area contributed by atoms with E-state index in [0.29, 0.717) is 34.0 Å². The largest absolute Gasteiger partial charge is 0.393 e. The third kappa shape index (κ3) is 7.99. The number of allylic oxidation sites excluding steroid dienone is 4. The van der Waals surface area contributed by atoms with Crippen LogP contribution in [0.25, 0.3) is 0 Å². The minimum atomic E-state index is -2.73. The molecule has 0 aliphatic heterocycles. The minimum Gasteiger partial charge on any atom is -0.393 e. The van der Waals surface area contributed by atoms with Gasteiger partial charge in [0, 0.05) is 17.4 Å². The summed E-state index contributed by atoms with van der Waals surface area (Å²) in [5.41, 5.74) is 10.5. The zero-order valence-corrected chi connectivity index (χ0v) is 47.2. The van der Waals surface area contributed by atoms with E-state index < -0.39 is 11.3 Å². The van der Waals surface area contributed by atoms with Gasteiger partial charge in [-0.05, 0) is 278 Å². The molecule has 7 heteroatoms. The van der Waals surface area contributed by atoms with E-state index in [1.807, 2.05) is 6.92 Å². The summed E-state index contributed by atoms with van der Waals surface area (Å²) in [4.78, 5) is -0.171. The quantitative estimate of drug-likeness (QED) is 0.106. The number of hydrogen-bond acceptors (Lipinski definition) is 3. The van der Waals surface area contributed by atoms with Crippen LogP contribution in [-0.4, -0.2) is 44.4 Å². The van der Waals surface area contributed by atoms with E-state index in [0.717, 1.165) is 125 Å². The average molecular weight is 1100 g/mol. The van der Waals surface area contributed by atoms with E-state index in [1.165, 1.54) is 79.8 Å². The third-order valence-corrected chi connectivity index (χ3v) is 27.3. The summed E-state index contributed by atoms with van der Waals surface area (Å²) in [6.45, 7) is 26.3. The molecule has 0 bridgehead atoms. The molecule has 0 heterocycles. The second kappa shape index (κ2) is 18.5. The lowest BCUT2D eigenvalue weighted by atomic mass is 9.44. The fourth-order valence-electron chi connectivity index (χ4n) is 21.8. The highest BCUT2D eigenvalue weighted by molar-refractivity contribution is 14.1. The van der Waals surface area contributed by atoms with Crippen molar-refractivity contribution in [3.8, 4) is 0 Å². The number of alkyl halides is 3. The molecule has 11 saturated carbocycles. The zero-order valence-electron chi connectivity index (χ0n) is 44.3.